The van der Waals surface area contributed by atoms with Crippen LogP contribution < -0.4 is 5.32 Å². The van der Waals surface area contributed by atoms with Gasteiger partial charge in [-0.25, -0.2) is 0 Å². The van der Waals surface area contributed by atoms with Crippen LogP contribution in [0, 0.1) is 0 Å². The Hall–Kier alpha value is -1.32. The standard InChI is InChI=1S/C15H16ClNO2/c16-12-7-3-4-10-8-14(19-15(10)12)13(18)9-17-11-5-1-2-6-11/h3-4,7-8,11,17H,1-2,5-6,9H2. The molecule has 2 aromatic rings. The second-order valence-electron chi connectivity index (χ2n) is 5.05. The summed E-state index contributed by atoms with van der Waals surface area (Å²) in [5, 5.41) is 4.71. The molecule has 1 aliphatic rings. The van der Waals surface area contributed by atoms with Gasteiger partial charge < -0.3 is 9.73 Å². The molecule has 0 spiro atoms. The quantitative estimate of drug-likeness (QED) is 0.865. The lowest BCUT2D eigenvalue weighted by Crippen LogP contribution is -2.31. The van der Waals surface area contributed by atoms with E-state index in [1.807, 2.05) is 12.1 Å². The number of para-hydroxylation sites is 1. The molecule has 4 heteroatoms. The van der Waals surface area contributed by atoms with Crippen molar-refractivity contribution in [1.82, 2.24) is 5.32 Å². The Balaban J connectivity index is 1.72. The summed E-state index contributed by atoms with van der Waals surface area (Å²) in [7, 11) is 0. The number of fused-ring (bicyclic) bond motifs is 1. The first-order valence-electron chi connectivity index (χ1n) is 6.69. The maximum Gasteiger partial charge on any atom is 0.211 e. The summed E-state index contributed by atoms with van der Waals surface area (Å²) in [5.41, 5.74) is 0.591. The molecule has 1 saturated carbocycles. The van der Waals surface area contributed by atoms with Gasteiger partial charge in [-0.3, -0.25) is 4.79 Å². The minimum Gasteiger partial charge on any atom is -0.451 e. The number of rotatable bonds is 4. The molecule has 3 rings (SSSR count). The van der Waals surface area contributed by atoms with Crippen LogP contribution in [0.1, 0.15) is 36.2 Å². The molecule has 0 saturated heterocycles. The van der Waals surface area contributed by atoms with Gasteiger partial charge in [0.05, 0.1) is 11.6 Å². The molecular formula is C15H16ClNO2. The summed E-state index contributed by atoms with van der Waals surface area (Å²) >= 11 is 6.04. The van der Waals surface area contributed by atoms with Gasteiger partial charge in [0.2, 0.25) is 5.78 Å². The molecule has 3 nitrogen and oxygen atoms in total. The molecule has 100 valence electrons. The van der Waals surface area contributed by atoms with E-state index in [0.29, 0.717) is 29.0 Å². The minimum absolute atomic E-state index is 0.0147. The van der Waals surface area contributed by atoms with Gasteiger partial charge in [0.25, 0.3) is 0 Å². The van der Waals surface area contributed by atoms with Crippen molar-refractivity contribution in [1.29, 1.82) is 0 Å². The van der Waals surface area contributed by atoms with Crippen LogP contribution >= 0.6 is 11.6 Å². The third-order valence-corrected chi connectivity index (χ3v) is 3.97. The fourth-order valence-electron chi connectivity index (χ4n) is 2.62. The topological polar surface area (TPSA) is 42.2 Å². The normalized spacial score (nSPS) is 16.3. The number of hydrogen-bond donors (Lipinski definition) is 1. The zero-order valence-corrected chi connectivity index (χ0v) is 11.4. The van der Waals surface area contributed by atoms with Gasteiger partial charge in [-0.15, -0.1) is 0 Å². The highest BCUT2D eigenvalue weighted by atomic mass is 35.5. The average Bonchev–Trinajstić information content (AvgIpc) is 3.05. The van der Waals surface area contributed by atoms with E-state index in [2.05, 4.69) is 5.32 Å². The molecule has 0 amide bonds. The van der Waals surface area contributed by atoms with E-state index in [-0.39, 0.29) is 5.78 Å². The maximum absolute atomic E-state index is 12.1. The van der Waals surface area contributed by atoms with E-state index in [9.17, 15) is 4.79 Å². The van der Waals surface area contributed by atoms with Gasteiger partial charge in [-0.05, 0) is 25.0 Å². The first-order chi connectivity index (χ1) is 9.24. The Morgan fingerprint density at radius 2 is 2.16 bits per heavy atom. The molecule has 0 unspecified atom stereocenters. The molecule has 1 aromatic heterocycles. The van der Waals surface area contributed by atoms with Gasteiger partial charge in [0, 0.05) is 11.4 Å². The van der Waals surface area contributed by atoms with E-state index in [4.69, 9.17) is 16.0 Å². The highest BCUT2D eigenvalue weighted by molar-refractivity contribution is 6.34. The predicted octanol–water partition coefficient (Wildman–Crippen LogP) is 3.80. The fraction of sp³-hybridized carbons (Fsp3) is 0.400. The second-order valence-corrected chi connectivity index (χ2v) is 5.46. The summed E-state index contributed by atoms with van der Waals surface area (Å²) in [6.07, 6.45) is 4.84. The van der Waals surface area contributed by atoms with Crippen molar-refractivity contribution in [2.75, 3.05) is 6.54 Å². The van der Waals surface area contributed by atoms with Crippen molar-refractivity contribution in [3.63, 3.8) is 0 Å². The SMILES string of the molecule is O=C(CNC1CCCC1)c1cc2cccc(Cl)c2o1. The number of nitrogens with one attached hydrogen (secondary N) is 1. The second kappa shape index (κ2) is 5.35. The summed E-state index contributed by atoms with van der Waals surface area (Å²) in [6, 6.07) is 7.76. The van der Waals surface area contributed by atoms with E-state index >= 15 is 0 Å². The summed E-state index contributed by atoms with van der Waals surface area (Å²) in [5.74, 6) is 0.368. The van der Waals surface area contributed by atoms with Crippen LogP contribution in [0.25, 0.3) is 11.0 Å². The van der Waals surface area contributed by atoms with E-state index in [1.165, 1.54) is 25.7 Å². The zero-order valence-electron chi connectivity index (χ0n) is 10.6. The third kappa shape index (κ3) is 2.67. The van der Waals surface area contributed by atoms with Crippen LogP contribution in [0.4, 0.5) is 0 Å². The molecule has 0 atom stereocenters. The smallest absolute Gasteiger partial charge is 0.211 e. The fourth-order valence-corrected chi connectivity index (χ4v) is 2.84. The highest BCUT2D eigenvalue weighted by Crippen LogP contribution is 2.26. The molecule has 19 heavy (non-hydrogen) atoms. The van der Waals surface area contributed by atoms with Crippen molar-refractivity contribution in [2.45, 2.75) is 31.7 Å². The van der Waals surface area contributed by atoms with Crippen molar-refractivity contribution in [3.05, 3.63) is 35.0 Å². The molecule has 1 N–H and O–H groups in total. The number of Topliss-reactive ketones (excluding diaryl/α,β-unsaturated/α-hetero) is 1. The molecule has 1 aromatic carbocycles. The molecule has 1 heterocycles. The van der Waals surface area contributed by atoms with Crippen molar-refractivity contribution >= 4 is 28.4 Å². The van der Waals surface area contributed by atoms with E-state index in [0.717, 1.165) is 5.39 Å². The lowest BCUT2D eigenvalue weighted by molar-refractivity contribution is 0.0963. The number of ketones is 1. The van der Waals surface area contributed by atoms with Gasteiger partial charge in [-0.1, -0.05) is 36.6 Å². The molecular weight excluding hydrogens is 262 g/mol. The largest absolute Gasteiger partial charge is 0.451 e. The average molecular weight is 278 g/mol. The van der Waals surface area contributed by atoms with Crippen LogP contribution in [0.15, 0.2) is 28.7 Å². The molecule has 1 aliphatic carbocycles. The molecule has 1 fully saturated rings. The van der Waals surface area contributed by atoms with E-state index in [1.54, 1.807) is 12.1 Å². The third-order valence-electron chi connectivity index (χ3n) is 3.68. The lowest BCUT2D eigenvalue weighted by atomic mass is 10.2. The van der Waals surface area contributed by atoms with Crippen LogP contribution in [-0.4, -0.2) is 18.4 Å². The number of benzene rings is 1. The Morgan fingerprint density at radius 3 is 2.89 bits per heavy atom. The molecule has 0 aliphatic heterocycles. The Kier molecular flexibility index (Phi) is 3.58. The maximum atomic E-state index is 12.1. The van der Waals surface area contributed by atoms with Gasteiger partial charge in [0.1, 0.15) is 0 Å². The predicted molar refractivity (Wildman–Crippen MR) is 75.8 cm³/mol. The Morgan fingerprint density at radius 1 is 1.37 bits per heavy atom. The van der Waals surface area contributed by atoms with Gasteiger partial charge >= 0.3 is 0 Å². The number of furan rings is 1. The molecule has 0 bridgehead atoms. The summed E-state index contributed by atoms with van der Waals surface area (Å²) in [4.78, 5) is 12.1. The number of halogens is 1. The Labute approximate surface area is 116 Å². The summed E-state index contributed by atoms with van der Waals surface area (Å²) in [6.45, 7) is 0.335. The Bertz CT molecular complexity index is 599. The summed E-state index contributed by atoms with van der Waals surface area (Å²) < 4.78 is 5.55. The lowest BCUT2D eigenvalue weighted by Gasteiger charge is -2.09. The first-order valence-corrected chi connectivity index (χ1v) is 7.06. The number of hydrogen-bond acceptors (Lipinski definition) is 3. The van der Waals surface area contributed by atoms with Crippen LogP contribution in [0.2, 0.25) is 5.02 Å². The van der Waals surface area contributed by atoms with Gasteiger partial charge in [0.15, 0.2) is 11.3 Å². The van der Waals surface area contributed by atoms with Crippen LogP contribution in [0.3, 0.4) is 0 Å². The monoisotopic (exact) mass is 277 g/mol. The minimum atomic E-state index is -0.0147. The number of carbonyl (C=O) groups is 1. The van der Waals surface area contributed by atoms with Crippen molar-refractivity contribution in [3.8, 4) is 0 Å². The molecule has 0 radical (unpaired) electrons. The van der Waals surface area contributed by atoms with Crippen LogP contribution in [0.5, 0.6) is 0 Å². The van der Waals surface area contributed by atoms with Crippen LogP contribution in [-0.2, 0) is 0 Å². The first kappa shape index (κ1) is 12.7. The van der Waals surface area contributed by atoms with Crippen molar-refractivity contribution in [2.24, 2.45) is 0 Å². The number of carbonyl (C=O) groups excluding carboxylic acids is 1. The van der Waals surface area contributed by atoms with Gasteiger partial charge in [-0.2, -0.15) is 0 Å². The zero-order chi connectivity index (χ0) is 13.2. The highest BCUT2D eigenvalue weighted by Gasteiger charge is 2.18. The van der Waals surface area contributed by atoms with Crippen molar-refractivity contribution < 1.29 is 9.21 Å². The van der Waals surface area contributed by atoms with E-state index < -0.39 is 0 Å².